The molecule has 1 nitrogen and oxygen atoms in total. The number of rotatable bonds is 3. The number of hydrogen-bond donors (Lipinski definition) is 1. The van der Waals surface area contributed by atoms with Crippen LogP contribution in [0.5, 0.6) is 0 Å². The predicted octanol–water partition coefficient (Wildman–Crippen LogP) is 3.44. The van der Waals surface area contributed by atoms with Crippen LogP contribution in [-0.4, -0.2) is 18.3 Å². The fraction of sp³-hybridized carbons (Fsp3) is 1.00. The minimum Gasteiger partial charge on any atom is -0.314 e. The van der Waals surface area contributed by atoms with E-state index >= 15 is 0 Å². The molecule has 1 saturated heterocycles. The average Bonchev–Trinajstić information content (AvgIpc) is 2.71. The van der Waals surface area contributed by atoms with Crippen LogP contribution in [0, 0.1) is 5.92 Å². The highest BCUT2D eigenvalue weighted by Gasteiger charge is 2.37. The standard InChI is InChI=1S/C13H24FN/c1-13(14,10-12-8-5-9-15-12)11-6-3-2-4-7-11/h11-12,15H,2-10H2,1H3. The lowest BCUT2D eigenvalue weighted by Gasteiger charge is -2.35. The third-order valence-corrected chi connectivity index (χ3v) is 4.26. The van der Waals surface area contributed by atoms with E-state index in [0.717, 1.165) is 25.8 Å². The van der Waals surface area contributed by atoms with E-state index in [1.165, 1.54) is 32.1 Å². The molecular formula is C13H24FN. The summed E-state index contributed by atoms with van der Waals surface area (Å²) >= 11 is 0. The SMILES string of the molecule is CC(F)(CC1CCCN1)C1CCCCC1. The Bertz CT molecular complexity index is 191. The summed E-state index contributed by atoms with van der Waals surface area (Å²) in [5.41, 5.74) is -0.928. The second-order valence-corrected chi connectivity index (χ2v) is 5.61. The van der Waals surface area contributed by atoms with Gasteiger partial charge < -0.3 is 5.32 Å². The quantitative estimate of drug-likeness (QED) is 0.757. The molecule has 1 heterocycles. The molecule has 1 aliphatic heterocycles. The van der Waals surface area contributed by atoms with Crippen LogP contribution in [0.3, 0.4) is 0 Å². The Labute approximate surface area is 92.8 Å². The molecule has 0 aromatic carbocycles. The van der Waals surface area contributed by atoms with E-state index in [0.29, 0.717) is 12.0 Å². The predicted molar refractivity (Wildman–Crippen MR) is 61.7 cm³/mol. The van der Waals surface area contributed by atoms with Crippen molar-refractivity contribution >= 4 is 0 Å². The van der Waals surface area contributed by atoms with Crippen LogP contribution in [0.25, 0.3) is 0 Å². The second kappa shape index (κ2) is 4.82. The molecule has 0 bridgehead atoms. The summed E-state index contributed by atoms with van der Waals surface area (Å²) in [6, 6.07) is 0.446. The molecule has 2 fully saturated rings. The number of alkyl halides is 1. The van der Waals surface area contributed by atoms with Crippen molar-refractivity contribution in [3.8, 4) is 0 Å². The van der Waals surface area contributed by atoms with E-state index in [4.69, 9.17) is 0 Å². The molecule has 1 saturated carbocycles. The smallest absolute Gasteiger partial charge is 0.112 e. The zero-order valence-electron chi connectivity index (χ0n) is 9.90. The van der Waals surface area contributed by atoms with Crippen LogP contribution < -0.4 is 5.32 Å². The second-order valence-electron chi connectivity index (χ2n) is 5.61. The maximum atomic E-state index is 14.6. The van der Waals surface area contributed by atoms with E-state index in [1.807, 2.05) is 6.92 Å². The monoisotopic (exact) mass is 213 g/mol. The molecule has 0 spiro atoms. The van der Waals surface area contributed by atoms with Crippen LogP contribution >= 0.6 is 0 Å². The molecule has 2 heteroatoms. The molecule has 2 rings (SSSR count). The van der Waals surface area contributed by atoms with Crippen molar-refractivity contribution in [2.75, 3.05) is 6.54 Å². The molecule has 1 N–H and O–H groups in total. The Hall–Kier alpha value is -0.110. The van der Waals surface area contributed by atoms with Crippen LogP contribution in [0.1, 0.15) is 58.3 Å². The van der Waals surface area contributed by atoms with Crippen LogP contribution in [0.4, 0.5) is 4.39 Å². The molecule has 0 aromatic heterocycles. The number of halogens is 1. The van der Waals surface area contributed by atoms with Gasteiger partial charge in [-0.3, -0.25) is 0 Å². The lowest BCUT2D eigenvalue weighted by Crippen LogP contribution is -2.38. The Morgan fingerprint density at radius 2 is 1.87 bits per heavy atom. The molecule has 1 aliphatic carbocycles. The van der Waals surface area contributed by atoms with Gasteiger partial charge in [-0.1, -0.05) is 19.3 Å². The summed E-state index contributed by atoms with van der Waals surface area (Å²) in [7, 11) is 0. The first kappa shape index (κ1) is 11.4. The molecule has 2 unspecified atom stereocenters. The van der Waals surface area contributed by atoms with Gasteiger partial charge in [-0.05, 0) is 51.5 Å². The third-order valence-electron chi connectivity index (χ3n) is 4.26. The van der Waals surface area contributed by atoms with Crippen LogP contribution in [-0.2, 0) is 0 Å². The number of nitrogens with one attached hydrogen (secondary N) is 1. The Morgan fingerprint density at radius 1 is 1.13 bits per heavy atom. The summed E-state index contributed by atoms with van der Waals surface area (Å²) in [5, 5.41) is 3.41. The summed E-state index contributed by atoms with van der Waals surface area (Å²) in [6.45, 7) is 2.92. The highest BCUT2D eigenvalue weighted by Crippen LogP contribution is 2.38. The summed E-state index contributed by atoms with van der Waals surface area (Å²) in [4.78, 5) is 0. The van der Waals surface area contributed by atoms with Gasteiger partial charge in [0, 0.05) is 6.04 Å². The van der Waals surface area contributed by atoms with Gasteiger partial charge in [-0.15, -0.1) is 0 Å². The van der Waals surface area contributed by atoms with E-state index in [9.17, 15) is 4.39 Å². The highest BCUT2D eigenvalue weighted by atomic mass is 19.1. The van der Waals surface area contributed by atoms with Crippen molar-refractivity contribution in [3.63, 3.8) is 0 Å². The van der Waals surface area contributed by atoms with Crippen molar-refractivity contribution in [3.05, 3.63) is 0 Å². The first-order valence-corrected chi connectivity index (χ1v) is 6.61. The Kier molecular flexibility index (Phi) is 3.65. The van der Waals surface area contributed by atoms with E-state index in [1.54, 1.807) is 0 Å². The van der Waals surface area contributed by atoms with Crippen molar-refractivity contribution in [1.82, 2.24) is 5.32 Å². The van der Waals surface area contributed by atoms with Gasteiger partial charge in [0.1, 0.15) is 5.67 Å². The van der Waals surface area contributed by atoms with Gasteiger partial charge in [-0.25, -0.2) is 4.39 Å². The van der Waals surface area contributed by atoms with Gasteiger partial charge >= 0.3 is 0 Å². The zero-order chi connectivity index (χ0) is 10.7. The topological polar surface area (TPSA) is 12.0 Å². The molecule has 2 atom stereocenters. The van der Waals surface area contributed by atoms with Crippen molar-refractivity contribution in [2.45, 2.75) is 70.0 Å². The van der Waals surface area contributed by atoms with Crippen molar-refractivity contribution in [2.24, 2.45) is 5.92 Å². The van der Waals surface area contributed by atoms with E-state index < -0.39 is 5.67 Å². The van der Waals surface area contributed by atoms with Gasteiger partial charge in [0.25, 0.3) is 0 Å². The van der Waals surface area contributed by atoms with Gasteiger partial charge in [-0.2, -0.15) is 0 Å². The van der Waals surface area contributed by atoms with Crippen LogP contribution in [0.15, 0.2) is 0 Å². The fourth-order valence-corrected chi connectivity index (χ4v) is 3.28. The molecule has 88 valence electrons. The average molecular weight is 213 g/mol. The minimum absolute atomic E-state index is 0.327. The molecule has 2 aliphatic rings. The molecule has 0 aromatic rings. The molecule has 0 amide bonds. The first-order valence-electron chi connectivity index (χ1n) is 6.61. The van der Waals surface area contributed by atoms with Gasteiger partial charge in [0.05, 0.1) is 0 Å². The zero-order valence-corrected chi connectivity index (χ0v) is 9.90. The summed E-state index contributed by atoms with van der Waals surface area (Å²) in [5.74, 6) is 0.327. The van der Waals surface area contributed by atoms with Crippen molar-refractivity contribution < 1.29 is 4.39 Å². The van der Waals surface area contributed by atoms with E-state index in [2.05, 4.69) is 5.32 Å². The lowest BCUT2D eigenvalue weighted by molar-refractivity contribution is 0.0567. The van der Waals surface area contributed by atoms with Gasteiger partial charge in [0.15, 0.2) is 0 Å². The molecular weight excluding hydrogens is 189 g/mol. The highest BCUT2D eigenvalue weighted by molar-refractivity contribution is 4.90. The van der Waals surface area contributed by atoms with E-state index in [-0.39, 0.29) is 0 Å². The van der Waals surface area contributed by atoms with Crippen molar-refractivity contribution in [1.29, 1.82) is 0 Å². The first-order chi connectivity index (χ1) is 7.18. The molecule has 15 heavy (non-hydrogen) atoms. The number of hydrogen-bond acceptors (Lipinski definition) is 1. The van der Waals surface area contributed by atoms with Gasteiger partial charge in [0.2, 0.25) is 0 Å². The maximum absolute atomic E-state index is 14.6. The lowest BCUT2D eigenvalue weighted by atomic mass is 9.76. The largest absolute Gasteiger partial charge is 0.314 e. The Balaban J connectivity index is 1.86. The maximum Gasteiger partial charge on any atom is 0.112 e. The summed E-state index contributed by atoms with van der Waals surface area (Å²) < 4.78 is 14.6. The normalized spacial score (nSPS) is 32.8. The van der Waals surface area contributed by atoms with Crippen LogP contribution in [0.2, 0.25) is 0 Å². The molecule has 0 radical (unpaired) electrons. The Morgan fingerprint density at radius 3 is 2.47 bits per heavy atom. The fourth-order valence-electron chi connectivity index (χ4n) is 3.28. The summed E-state index contributed by atoms with van der Waals surface area (Å²) in [6.07, 6.45) is 9.15. The minimum atomic E-state index is -0.928. The third kappa shape index (κ3) is 2.93.